The van der Waals surface area contributed by atoms with Crippen molar-refractivity contribution >= 4 is 12.1 Å². The van der Waals surface area contributed by atoms with Crippen molar-refractivity contribution in [2.24, 2.45) is 0 Å². The zero-order valence-electron chi connectivity index (χ0n) is 14.1. The van der Waals surface area contributed by atoms with Crippen molar-refractivity contribution in [1.29, 1.82) is 0 Å². The number of benzene rings is 2. The molecular weight excluding hydrogens is 305 g/mol. The number of carbonyl (C=O) groups is 1. The van der Waals surface area contributed by atoms with Gasteiger partial charge in [0.2, 0.25) is 6.41 Å². The first-order valence-electron chi connectivity index (χ1n) is 8.38. The van der Waals surface area contributed by atoms with Crippen LogP contribution < -0.4 is 10.1 Å². The van der Waals surface area contributed by atoms with Crippen LogP contribution in [0.1, 0.15) is 36.8 Å². The van der Waals surface area contributed by atoms with Crippen molar-refractivity contribution < 1.29 is 13.9 Å². The molecule has 0 aliphatic heterocycles. The van der Waals surface area contributed by atoms with E-state index in [0.717, 1.165) is 37.8 Å². The second kappa shape index (κ2) is 9.71. The molecule has 0 bridgehead atoms. The van der Waals surface area contributed by atoms with Crippen LogP contribution in [0.2, 0.25) is 0 Å². The topological polar surface area (TPSA) is 38.3 Å². The number of aryl methyl sites for hydroxylation is 1. The van der Waals surface area contributed by atoms with Crippen molar-refractivity contribution in [2.75, 3.05) is 11.9 Å². The molecule has 0 spiro atoms. The zero-order valence-corrected chi connectivity index (χ0v) is 14.1. The fourth-order valence-electron chi connectivity index (χ4n) is 2.55. The van der Waals surface area contributed by atoms with E-state index < -0.39 is 0 Å². The van der Waals surface area contributed by atoms with Crippen LogP contribution in [0.3, 0.4) is 0 Å². The largest absolute Gasteiger partial charge is 0.493 e. The summed E-state index contributed by atoms with van der Waals surface area (Å²) in [5.74, 6) is 0.417. The first-order valence-corrected chi connectivity index (χ1v) is 8.38. The van der Waals surface area contributed by atoms with E-state index in [2.05, 4.69) is 5.32 Å². The Bertz CT molecular complexity index is 641. The molecule has 0 fully saturated rings. The molecule has 0 saturated carbocycles. The minimum Gasteiger partial charge on any atom is -0.493 e. The standard InChI is InChI=1S/C20H24FNO2/c1-16-19(21)8-6-9-20(16)24-14-5-3-2-4-7-17-10-12-18(13-11-17)22-15-23/h6,8-13,15H,2-5,7,14H2,1H3,(H,22,23). The maximum atomic E-state index is 13.4. The van der Waals surface area contributed by atoms with Gasteiger partial charge in [-0.25, -0.2) is 4.39 Å². The van der Waals surface area contributed by atoms with E-state index in [0.29, 0.717) is 24.3 Å². The van der Waals surface area contributed by atoms with Crippen molar-refractivity contribution in [3.05, 3.63) is 59.4 Å². The van der Waals surface area contributed by atoms with Gasteiger partial charge >= 0.3 is 0 Å². The average Bonchev–Trinajstić information content (AvgIpc) is 2.59. The van der Waals surface area contributed by atoms with Crippen LogP contribution in [0.4, 0.5) is 10.1 Å². The summed E-state index contributed by atoms with van der Waals surface area (Å²) < 4.78 is 19.0. The monoisotopic (exact) mass is 329 g/mol. The number of halogens is 1. The quantitative estimate of drug-likeness (QED) is 0.498. The summed E-state index contributed by atoms with van der Waals surface area (Å²) in [6.07, 6.45) is 6.05. The van der Waals surface area contributed by atoms with Gasteiger partial charge in [-0.1, -0.05) is 31.0 Å². The first kappa shape index (κ1) is 18.0. The van der Waals surface area contributed by atoms with Gasteiger partial charge in [0.15, 0.2) is 0 Å². The number of hydrogen-bond donors (Lipinski definition) is 1. The number of carbonyl (C=O) groups excluding carboxylic acids is 1. The smallest absolute Gasteiger partial charge is 0.211 e. The molecule has 1 N–H and O–H groups in total. The summed E-state index contributed by atoms with van der Waals surface area (Å²) in [6.45, 7) is 2.36. The van der Waals surface area contributed by atoms with Crippen molar-refractivity contribution in [3.8, 4) is 5.75 Å². The molecule has 0 saturated heterocycles. The van der Waals surface area contributed by atoms with Crippen LogP contribution in [0.25, 0.3) is 0 Å². The summed E-state index contributed by atoms with van der Waals surface area (Å²) in [6, 6.07) is 12.8. The average molecular weight is 329 g/mol. The molecule has 0 atom stereocenters. The first-order chi connectivity index (χ1) is 11.7. The number of rotatable bonds is 10. The van der Waals surface area contributed by atoms with Crippen LogP contribution in [0.5, 0.6) is 5.75 Å². The molecule has 2 aromatic carbocycles. The Hall–Kier alpha value is -2.36. The van der Waals surface area contributed by atoms with E-state index >= 15 is 0 Å². The second-order valence-corrected chi connectivity index (χ2v) is 5.83. The third-order valence-electron chi connectivity index (χ3n) is 4.01. The van der Waals surface area contributed by atoms with Crippen molar-refractivity contribution in [2.45, 2.75) is 39.0 Å². The summed E-state index contributed by atoms with van der Waals surface area (Å²) in [7, 11) is 0. The fourth-order valence-corrected chi connectivity index (χ4v) is 2.55. The molecule has 2 rings (SSSR count). The Labute approximate surface area is 142 Å². The van der Waals surface area contributed by atoms with Crippen LogP contribution in [0.15, 0.2) is 42.5 Å². The maximum absolute atomic E-state index is 13.4. The van der Waals surface area contributed by atoms with E-state index in [1.54, 1.807) is 13.0 Å². The highest BCUT2D eigenvalue weighted by molar-refractivity contribution is 5.71. The Morgan fingerprint density at radius 3 is 2.54 bits per heavy atom. The molecule has 1 amide bonds. The Kier molecular flexibility index (Phi) is 7.27. The molecule has 3 nitrogen and oxygen atoms in total. The Morgan fingerprint density at radius 1 is 1.04 bits per heavy atom. The van der Waals surface area contributed by atoms with Gasteiger partial charge in [0.05, 0.1) is 6.61 Å². The number of hydrogen-bond acceptors (Lipinski definition) is 2. The van der Waals surface area contributed by atoms with Crippen molar-refractivity contribution in [3.63, 3.8) is 0 Å². The number of anilines is 1. The van der Waals surface area contributed by atoms with Gasteiger partial charge in [-0.3, -0.25) is 4.79 Å². The van der Waals surface area contributed by atoms with Gasteiger partial charge < -0.3 is 10.1 Å². The van der Waals surface area contributed by atoms with Gasteiger partial charge in [-0.05, 0) is 56.0 Å². The second-order valence-electron chi connectivity index (χ2n) is 5.83. The van der Waals surface area contributed by atoms with Crippen LogP contribution in [-0.2, 0) is 11.2 Å². The third kappa shape index (κ3) is 5.69. The lowest BCUT2D eigenvalue weighted by Crippen LogP contribution is -2.00. The molecule has 2 aromatic rings. The highest BCUT2D eigenvalue weighted by atomic mass is 19.1. The van der Waals surface area contributed by atoms with Crippen LogP contribution in [0, 0.1) is 12.7 Å². The van der Waals surface area contributed by atoms with E-state index in [9.17, 15) is 9.18 Å². The van der Waals surface area contributed by atoms with Crippen LogP contribution in [-0.4, -0.2) is 13.0 Å². The van der Waals surface area contributed by atoms with E-state index in [4.69, 9.17) is 4.74 Å². The lowest BCUT2D eigenvalue weighted by Gasteiger charge is -2.09. The van der Waals surface area contributed by atoms with Crippen LogP contribution >= 0.6 is 0 Å². The molecular formula is C20H24FNO2. The highest BCUT2D eigenvalue weighted by Gasteiger charge is 2.03. The molecule has 128 valence electrons. The van der Waals surface area contributed by atoms with E-state index in [1.165, 1.54) is 11.6 Å². The molecule has 4 heteroatoms. The molecule has 0 aromatic heterocycles. The Morgan fingerprint density at radius 2 is 1.79 bits per heavy atom. The number of unbranched alkanes of at least 4 members (excludes halogenated alkanes) is 3. The molecule has 24 heavy (non-hydrogen) atoms. The molecule has 0 aliphatic carbocycles. The molecule has 0 unspecified atom stereocenters. The predicted molar refractivity (Wildman–Crippen MR) is 94.9 cm³/mol. The molecule has 0 radical (unpaired) electrons. The summed E-state index contributed by atoms with van der Waals surface area (Å²) >= 11 is 0. The molecule has 0 aliphatic rings. The lowest BCUT2D eigenvalue weighted by atomic mass is 10.1. The maximum Gasteiger partial charge on any atom is 0.211 e. The number of amides is 1. The normalized spacial score (nSPS) is 10.4. The van der Waals surface area contributed by atoms with Gasteiger partial charge in [-0.2, -0.15) is 0 Å². The zero-order chi connectivity index (χ0) is 17.2. The summed E-state index contributed by atoms with van der Waals surface area (Å²) in [4.78, 5) is 10.3. The molecule has 0 heterocycles. The fraction of sp³-hybridized carbons (Fsp3) is 0.350. The number of ether oxygens (including phenoxy) is 1. The minimum atomic E-state index is -0.220. The predicted octanol–water partition coefficient (Wildman–Crippen LogP) is 4.88. The van der Waals surface area contributed by atoms with E-state index in [1.807, 2.05) is 30.3 Å². The third-order valence-corrected chi connectivity index (χ3v) is 4.01. The SMILES string of the molecule is Cc1c(F)cccc1OCCCCCCc1ccc(NC=O)cc1. The Balaban J connectivity index is 1.58. The number of nitrogens with one attached hydrogen (secondary N) is 1. The van der Waals surface area contributed by atoms with Gasteiger partial charge in [0.1, 0.15) is 11.6 Å². The van der Waals surface area contributed by atoms with Gasteiger partial charge in [-0.15, -0.1) is 0 Å². The lowest BCUT2D eigenvalue weighted by molar-refractivity contribution is -0.105. The van der Waals surface area contributed by atoms with Gasteiger partial charge in [0.25, 0.3) is 0 Å². The van der Waals surface area contributed by atoms with E-state index in [-0.39, 0.29) is 5.82 Å². The highest BCUT2D eigenvalue weighted by Crippen LogP contribution is 2.20. The minimum absolute atomic E-state index is 0.220. The van der Waals surface area contributed by atoms with Gasteiger partial charge in [0, 0.05) is 11.3 Å². The summed E-state index contributed by atoms with van der Waals surface area (Å²) in [5.41, 5.74) is 2.67. The van der Waals surface area contributed by atoms with Crippen molar-refractivity contribution in [1.82, 2.24) is 0 Å². The summed E-state index contributed by atoms with van der Waals surface area (Å²) in [5, 5.41) is 2.63.